The van der Waals surface area contributed by atoms with E-state index in [2.05, 4.69) is 15.4 Å². The normalized spacial score (nSPS) is 36.2. The van der Waals surface area contributed by atoms with Gasteiger partial charge in [0.25, 0.3) is 5.91 Å². The first kappa shape index (κ1) is 26.2. The highest BCUT2D eigenvalue weighted by Gasteiger charge is 2.62. The average molecular weight is 535 g/mol. The second kappa shape index (κ2) is 10.4. The summed E-state index contributed by atoms with van der Waals surface area (Å²) < 4.78 is 27.2. The Kier molecular flexibility index (Phi) is 7.35. The molecule has 5 aliphatic rings. The van der Waals surface area contributed by atoms with Crippen molar-refractivity contribution in [1.82, 2.24) is 20.3 Å². The number of nitrogens with one attached hydrogen (secondary N) is 3. The van der Waals surface area contributed by atoms with Crippen LogP contribution in [0.1, 0.15) is 83.5 Å². The Morgan fingerprint density at radius 3 is 2.54 bits per heavy atom. The molecule has 0 aromatic rings. The zero-order valence-electron chi connectivity index (χ0n) is 21.2. The molecule has 2 saturated carbocycles. The van der Waals surface area contributed by atoms with Crippen molar-refractivity contribution in [2.45, 2.75) is 106 Å². The van der Waals surface area contributed by atoms with Crippen LogP contribution in [0, 0.1) is 11.8 Å². The topological polar surface area (TPSA) is 142 Å². The summed E-state index contributed by atoms with van der Waals surface area (Å²) in [5.74, 6) is -1.82. The lowest BCUT2D eigenvalue weighted by molar-refractivity contribution is -0.143. The Labute approximate surface area is 218 Å². The molecule has 3 bridgehead atoms. The molecule has 3 aliphatic heterocycles. The van der Waals surface area contributed by atoms with Gasteiger partial charge in [-0.05, 0) is 57.8 Å². The van der Waals surface area contributed by atoms with Gasteiger partial charge < -0.3 is 15.5 Å². The molecule has 11 heteroatoms. The minimum atomic E-state index is -3.77. The third-order valence-electron chi connectivity index (χ3n) is 8.56. The van der Waals surface area contributed by atoms with Crippen LogP contribution in [0.3, 0.4) is 0 Å². The van der Waals surface area contributed by atoms with Crippen molar-refractivity contribution >= 4 is 33.7 Å². The molecule has 10 nitrogen and oxygen atoms in total. The summed E-state index contributed by atoms with van der Waals surface area (Å²) in [6, 6.07) is -1.15. The lowest BCUT2D eigenvalue weighted by atomic mass is 9.93. The highest BCUT2D eigenvalue weighted by Crippen LogP contribution is 2.46. The smallest absolute Gasteiger partial charge is 0.259 e. The molecule has 204 valence electrons. The van der Waals surface area contributed by atoms with E-state index in [1.165, 1.54) is 0 Å². The highest BCUT2D eigenvalue weighted by atomic mass is 32.2. The largest absolute Gasteiger partial charge is 0.351 e. The van der Waals surface area contributed by atoms with Crippen molar-refractivity contribution in [1.29, 1.82) is 0 Å². The van der Waals surface area contributed by atoms with E-state index >= 15 is 0 Å². The molecule has 4 fully saturated rings. The maximum absolute atomic E-state index is 13.7. The minimum Gasteiger partial charge on any atom is -0.351 e. The molecular formula is C26H38N4O6S. The van der Waals surface area contributed by atoms with Crippen molar-refractivity contribution in [2.24, 2.45) is 11.8 Å². The van der Waals surface area contributed by atoms with E-state index in [1.54, 1.807) is 4.90 Å². The Balaban J connectivity index is 1.42. The first-order valence-corrected chi connectivity index (χ1v) is 15.4. The van der Waals surface area contributed by atoms with Gasteiger partial charge in [0.1, 0.15) is 11.6 Å². The minimum absolute atomic E-state index is 0.0612. The number of fused-ring (bicyclic) bond motifs is 3. The molecule has 2 saturated heterocycles. The summed E-state index contributed by atoms with van der Waals surface area (Å²) in [5, 5.41) is 5.29. The first-order chi connectivity index (χ1) is 17.7. The molecule has 0 radical (unpaired) electrons. The summed E-state index contributed by atoms with van der Waals surface area (Å²) in [7, 11) is -3.77. The summed E-state index contributed by atoms with van der Waals surface area (Å²) in [4.78, 5) is 54.7. The van der Waals surface area contributed by atoms with E-state index in [0.717, 1.165) is 44.9 Å². The molecule has 5 atom stereocenters. The van der Waals surface area contributed by atoms with E-state index < -0.39 is 38.7 Å². The van der Waals surface area contributed by atoms with Crippen LogP contribution >= 0.6 is 0 Å². The fourth-order valence-corrected chi connectivity index (χ4v) is 7.46. The monoisotopic (exact) mass is 534 g/mol. The molecule has 4 amide bonds. The number of carbonyl (C=O) groups excluding carboxylic acids is 4. The maximum atomic E-state index is 13.7. The number of allylic oxidation sites excluding steroid dienone is 1. The van der Waals surface area contributed by atoms with Gasteiger partial charge in [-0.25, -0.2) is 8.42 Å². The molecule has 3 N–H and O–H groups in total. The maximum Gasteiger partial charge on any atom is 0.259 e. The van der Waals surface area contributed by atoms with Gasteiger partial charge in [-0.1, -0.05) is 31.4 Å². The second-order valence-corrected chi connectivity index (χ2v) is 13.4. The van der Waals surface area contributed by atoms with Crippen molar-refractivity contribution in [2.75, 3.05) is 6.54 Å². The first-order valence-electron chi connectivity index (χ1n) is 13.8. The molecule has 5 rings (SSSR count). The lowest BCUT2D eigenvalue weighted by Gasteiger charge is -2.29. The van der Waals surface area contributed by atoms with Crippen LogP contribution < -0.4 is 15.4 Å². The van der Waals surface area contributed by atoms with Gasteiger partial charge in [0.2, 0.25) is 27.7 Å². The zero-order chi connectivity index (χ0) is 26.2. The molecular weight excluding hydrogens is 496 g/mol. The molecule has 0 spiro atoms. The summed E-state index contributed by atoms with van der Waals surface area (Å²) >= 11 is 0. The van der Waals surface area contributed by atoms with Crippen molar-refractivity contribution < 1.29 is 27.6 Å². The number of sulfonamides is 1. The third-order valence-corrected chi connectivity index (χ3v) is 10.4. The van der Waals surface area contributed by atoms with Gasteiger partial charge in [-0.15, -0.1) is 0 Å². The third kappa shape index (κ3) is 5.71. The van der Waals surface area contributed by atoms with E-state index in [4.69, 9.17) is 0 Å². The molecule has 3 heterocycles. The van der Waals surface area contributed by atoms with E-state index in [-0.39, 0.29) is 42.7 Å². The van der Waals surface area contributed by atoms with Crippen LogP contribution in [0.5, 0.6) is 0 Å². The predicted octanol–water partition coefficient (Wildman–Crippen LogP) is 1.27. The lowest BCUT2D eigenvalue weighted by Crippen LogP contribution is -2.57. The number of nitrogens with zero attached hydrogens (tertiary/aromatic N) is 1. The van der Waals surface area contributed by atoms with Gasteiger partial charge in [0.05, 0.1) is 5.25 Å². The number of carbonyl (C=O) groups is 4. The number of hydrogen-bond donors (Lipinski definition) is 3. The summed E-state index contributed by atoms with van der Waals surface area (Å²) in [5.41, 5.74) is -1.35. The number of rotatable bonds is 3. The van der Waals surface area contributed by atoms with Crippen LogP contribution in [0.25, 0.3) is 0 Å². The van der Waals surface area contributed by atoms with Gasteiger partial charge in [-0.3, -0.25) is 23.9 Å². The van der Waals surface area contributed by atoms with Gasteiger partial charge >= 0.3 is 0 Å². The van der Waals surface area contributed by atoms with Gasteiger partial charge in [0, 0.05) is 30.8 Å². The van der Waals surface area contributed by atoms with Gasteiger partial charge in [-0.2, -0.15) is 0 Å². The molecule has 0 aromatic heterocycles. The quantitative estimate of drug-likeness (QED) is 0.466. The van der Waals surface area contributed by atoms with Crippen LogP contribution in [-0.2, 0) is 29.2 Å². The Morgan fingerprint density at radius 1 is 1.03 bits per heavy atom. The number of amides is 4. The molecule has 0 aromatic carbocycles. The van der Waals surface area contributed by atoms with E-state index in [1.807, 2.05) is 12.2 Å². The highest BCUT2D eigenvalue weighted by molar-refractivity contribution is 7.91. The van der Waals surface area contributed by atoms with Crippen molar-refractivity contribution in [3.05, 3.63) is 12.2 Å². The fraction of sp³-hybridized carbons (Fsp3) is 0.769. The average Bonchev–Trinajstić information content (AvgIpc) is 3.76. The Bertz CT molecular complexity index is 1090. The van der Waals surface area contributed by atoms with Crippen LogP contribution in [-0.4, -0.2) is 66.4 Å². The molecule has 5 unspecified atom stereocenters. The van der Waals surface area contributed by atoms with Crippen LogP contribution in [0.4, 0.5) is 0 Å². The number of hydrogen-bond acceptors (Lipinski definition) is 6. The van der Waals surface area contributed by atoms with Crippen LogP contribution in [0.15, 0.2) is 12.2 Å². The molecule has 37 heavy (non-hydrogen) atoms. The predicted molar refractivity (Wildman–Crippen MR) is 135 cm³/mol. The summed E-state index contributed by atoms with van der Waals surface area (Å²) in [6.07, 6.45) is 12.6. The standard InChI is InChI=1S/C26H38N4O6S/c31-22-11-7-6-9-17-8-4-2-1-3-5-10-18-15-26(18,25(34)29-37(35,36)20-12-13-20)28-23(32)21-14-19(27-22)16-30(21)24(17)33/h5,10,17-21H,1-4,6-9,11-16H2,(H,27,31)(H,28,32)(H,29,34)/b10-5-. The molecule has 2 aliphatic carbocycles. The van der Waals surface area contributed by atoms with Crippen molar-refractivity contribution in [3.8, 4) is 0 Å². The van der Waals surface area contributed by atoms with E-state index in [9.17, 15) is 27.6 Å². The van der Waals surface area contributed by atoms with Crippen LogP contribution in [0.2, 0.25) is 0 Å². The van der Waals surface area contributed by atoms with Gasteiger partial charge in [0.15, 0.2) is 0 Å². The van der Waals surface area contributed by atoms with E-state index in [0.29, 0.717) is 32.1 Å². The Morgan fingerprint density at radius 2 is 1.78 bits per heavy atom. The fourth-order valence-electron chi connectivity index (χ4n) is 6.09. The Hall–Kier alpha value is -2.43. The summed E-state index contributed by atoms with van der Waals surface area (Å²) in [6.45, 7) is 0.262. The SMILES string of the molecule is O=C1CCCCC2CCCCC/C=C\C3CC3(C(=O)NS(=O)(=O)C3CC3)NC(=O)C3CC(CN3C2=O)N1. The second-order valence-electron chi connectivity index (χ2n) is 11.5. The zero-order valence-corrected chi connectivity index (χ0v) is 22.1. The van der Waals surface area contributed by atoms with Crippen molar-refractivity contribution in [3.63, 3.8) is 0 Å².